The van der Waals surface area contributed by atoms with Crippen LogP contribution >= 0.6 is 27.3 Å². The molecule has 0 aliphatic carbocycles. The SMILES string of the molecule is CCCCc1nc2c(N)nc3ccccc3c2n1CCCCNS(=O)(=O)c1ccc(Br)s1. The molecule has 0 fully saturated rings. The van der Waals surface area contributed by atoms with Crippen LogP contribution in [0.3, 0.4) is 0 Å². The van der Waals surface area contributed by atoms with Gasteiger partial charge in [-0.05, 0) is 53.4 Å². The van der Waals surface area contributed by atoms with Crippen molar-refractivity contribution in [1.82, 2.24) is 19.3 Å². The first kappa shape index (κ1) is 23.2. The molecule has 3 heterocycles. The fraction of sp³-hybridized carbons (Fsp3) is 0.364. The minimum absolute atomic E-state index is 0.321. The Balaban J connectivity index is 1.52. The molecule has 0 amide bonds. The second-order valence-electron chi connectivity index (χ2n) is 7.66. The number of para-hydroxylation sites is 1. The monoisotopic (exact) mass is 535 g/mol. The number of rotatable bonds is 10. The van der Waals surface area contributed by atoms with Crippen LogP contribution in [0.2, 0.25) is 0 Å². The van der Waals surface area contributed by atoms with E-state index in [0.29, 0.717) is 16.6 Å². The van der Waals surface area contributed by atoms with Crippen LogP contribution in [0.4, 0.5) is 5.82 Å². The fourth-order valence-electron chi connectivity index (χ4n) is 3.79. The number of aromatic nitrogens is 3. The third-order valence-corrected chi connectivity index (χ3v) is 8.93. The predicted molar refractivity (Wildman–Crippen MR) is 134 cm³/mol. The number of nitrogen functional groups attached to an aromatic ring is 1. The van der Waals surface area contributed by atoms with E-state index in [1.54, 1.807) is 12.1 Å². The molecule has 0 atom stereocenters. The number of aryl methyl sites for hydroxylation is 2. The van der Waals surface area contributed by atoms with Crippen LogP contribution in [0.1, 0.15) is 38.4 Å². The largest absolute Gasteiger partial charge is 0.382 e. The average Bonchev–Trinajstić information content (AvgIpc) is 3.37. The molecule has 3 N–H and O–H groups in total. The van der Waals surface area contributed by atoms with E-state index in [0.717, 1.165) is 70.2 Å². The van der Waals surface area contributed by atoms with Gasteiger partial charge in [-0.1, -0.05) is 31.5 Å². The molecule has 3 aromatic heterocycles. The molecule has 4 aromatic rings. The second-order valence-corrected chi connectivity index (χ2v) is 12.1. The lowest BCUT2D eigenvalue weighted by molar-refractivity contribution is 0.563. The van der Waals surface area contributed by atoms with Gasteiger partial charge in [-0.25, -0.2) is 23.1 Å². The van der Waals surface area contributed by atoms with Crippen molar-refractivity contribution in [1.29, 1.82) is 0 Å². The molecule has 0 aliphatic rings. The number of hydrogen-bond donors (Lipinski definition) is 2. The number of fused-ring (bicyclic) bond motifs is 3. The third kappa shape index (κ3) is 4.83. The van der Waals surface area contributed by atoms with Crippen LogP contribution in [0.5, 0.6) is 0 Å². The van der Waals surface area contributed by atoms with E-state index < -0.39 is 10.0 Å². The van der Waals surface area contributed by atoms with Gasteiger partial charge in [-0.2, -0.15) is 0 Å². The Morgan fingerprint density at radius 3 is 2.69 bits per heavy atom. The molecular weight excluding hydrogens is 510 g/mol. The van der Waals surface area contributed by atoms with Gasteiger partial charge in [0.1, 0.15) is 15.6 Å². The highest BCUT2D eigenvalue weighted by molar-refractivity contribution is 9.11. The zero-order chi connectivity index (χ0) is 22.7. The Morgan fingerprint density at radius 2 is 1.94 bits per heavy atom. The van der Waals surface area contributed by atoms with Crippen molar-refractivity contribution in [3.63, 3.8) is 0 Å². The summed E-state index contributed by atoms with van der Waals surface area (Å²) < 4.78 is 30.9. The van der Waals surface area contributed by atoms with Gasteiger partial charge in [-0.3, -0.25) is 0 Å². The molecule has 0 saturated heterocycles. The van der Waals surface area contributed by atoms with E-state index in [2.05, 4.69) is 43.2 Å². The van der Waals surface area contributed by atoms with Gasteiger partial charge in [0.2, 0.25) is 10.0 Å². The maximum atomic E-state index is 12.4. The number of pyridine rings is 1. The van der Waals surface area contributed by atoms with Crippen LogP contribution < -0.4 is 10.5 Å². The normalized spacial score (nSPS) is 12.2. The Labute approximate surface area is 200 Å². The molecule has 0 unspecified atom stereocenters. The summed E-state index contributed by atoms with van der Waals surface area (Å²) in [6, 6.07) is 11.3. The highest BCUT2D eigenvalue weighted by Gasteiger charge is 2.18. The highest BCUT2D eigenvalue weighted by Crippen LogP contribution is 2.30. The van der Waals surface area contributed by atoms with E-state index >= 15 is 0 Å². The van der Waals surface area contributed by atoms with Crippen molar-refractivity contribution in [3.8, 4) is 0 Å². The highest BCUT2D eigenvalue weighted by atomic mass is 79.9. The first-order valence-electron chi connectivity index (χ1n) is 10.7. The Morgan fingerprint density at radius 1 is 1.12 bits per heavy atom. The quantitative estimate of drug-likeness (QED) is 0.275. The van der Waals surface area contributed by atoms with Gasteiger partial charge in [0, 0.05) is 24.9 Å². The third-order valence-electron chi connectivity index (χ3n) is 5.36. The first-order chi connectivity index (χ1) is 15.4. The van der Waals surface area contributed by atoms with Gasteiger partial charge in [0.15, 0.2) is 5.82 Å². The van der Waals surface area contributed by atoms with E-state index in [9.17, 15) is 8.42 Å². The van der Waals surface area contributed by atoms with Crippen LogP contribution in [0, 0.1) is 0 Å². The maximum Gasteiger partial charge on any atom is 0.250 e. The van der Waals surface area contributed by atoms with Gasteiger partial charge < -0.3 is 10.3 Å². The van der Waals surface area contributed by atoms with Crippen molar-refractivity contribution >= 4 is 65.0 Å². The Kier molecular flexibility index (Phi) is 7.14. The van der Waals surface area contributed by atoms with Crippen molar-refractivity contribution in [3.05, 3.63) is 46.0 Å². The number of halogens is 1. The van der Waals surface area contributed by atoms with Gasteiger partial charge >= 0.3 is 0 Å². The zero-order valence-electron chi connectivity index (χ0n) is 17.8. The lowest BCUT2D eigenvalue weighted by Crippen LogP contribution is -2.24. The number of sulfonamides is 1. The number of unbranched alkanes of at least 4 members (excludes halogenated alkanes) is 2. The number of benzene rings is 1. The van der Waals surface area contributed by atoms with Crippen LogP contribution in [0.25, 0.3) is 21.9 Å². The fourth-order valence-corrected chi connectivity index (χ4v) is 6.91. The molecule has 0 aliphatic heterocycles. The molecule has 170 valence electrons. The molecule has 0 spiro atoms. The smallest absolute Gasteiger partial charge is 0.250 e. The first-order valence-corrected chi connectivity index (χ1v) is 13.8. The van der Waals surface area contributed by atoms with E-state index in [4.69, 9.17) is 10.7 Å². The minimum atomic E-state index is -3.47. The molecule has 0 bridgehead atoms. The molecule has 0 saturated carbocycles. The van der Waals surface area contributed by atoms with Crippen LogP contribution in [-0.4, -0.2) is 29.5 Å². The summed E-state index contributed by atoms with van der Waals surface area (Å²) in [6.45, 7) is 3.30. The number of anilines is 1. The molecule has 10 heteroatoms. The number of nitrogens with two attached hydrogens (primary N) is 1. The number of nitrogens with one attached hydrogen (secondary N) is 1. The van der Waals surface area contributed by atoms with Crippen molar-refractivity contribution < 1.29 is 8.42 Å². The molecule has 1 aromatic carbocycles. The van der Waals surface area contributed by atoms with Gasteiger partial charge in [0.05, 0.1) is 14.8 Å². The maximum absolute atomic E-state index is 12.4. The Bertz CT molecular complexity index is 1350. The summed E-state index contributed by atoms with van der Waals surface area (Å²) in [6.07, 6.45) is 4.54. The van der Waals surface area contributed by atoms with E-state index in [1.807, 2.05) is 18.2 Å². The van der Waals surface area contributed by atoms with Crippen molar-refractivity contribution in [2.45, 2.75) is 49.8 Å². The lowest BCUT2D eigenvalue weighted by Gasteiger charge is -2.11. The van der Waals surface area contributed by atoms with Crippen LogP contribution in [-0.2, 0) is 23.0 Å². The predicted octanol–water partition coefficient (Wildman–Crippen LogP) is 5.09. The summed E-state index contributed by atoms with van der Waals surface area (Å²) in [5.74, 6) is 1.46. The molecule has 7 nitrogen and oxygen atoms in total. The number of nitrogens with zero attached hydrogens (tertiary/aromatic N) is 3. The minimum Gasteiger partial charge on any atom is -0.382 e. The number of hydrogen-bond acceptors (Lipinski definition) is 6. The van der Waals surface area contributed by atoms with Gasteiger partial charge in [-0.15, -0.1) is 11.3 Å². The second kappa shape index (κ2) is 9.86. The zero-order valence-corrected chi connectivity index (χ0v) is 21.1. The summed E-state index contributed by atoms with van der Waals surface area (Å²) in [5.41, 5.74) is 8.87. The van der Waals surface area contributed by atoms with Crippen molar-refractivity contribution in [2.24, 2.45) is 0 Å². The molecule has 4 rings (SSSR count). The Hall–Kier alpha value is -2.01. The van der Waals surface area contributed by atoms with Crippen molar-refractivity contribution in [2.75, 3.05) is 12.3 Å². The topological polar surface area (TPSA) is 103 Å². The van der Waals surface area contributed by atoms with E-state index in [-0.39, 0.29) is 0 Å². The summed E-state index contributed by atoms with van der Waals surface area (Å²) >= 11 is 4.52. The average molecular weight is 537 g/mol. The number of imidazole rings is 1. The standard InChI is InChI=1S/C22H26BrN5O2S2/c1-2-3-10-18-27-20-21(15-8-4-5-9-16(15)26-22(20)24)28(18)14-7-6-13-25-32(29,30)19-12-11-17(23)31-19/h4-5,8-9,11-12,25H,2-3,6-7,10,13-14H2,1H3,(H2,24,26). The summed E-state index contributed by atoms with van der Waals surface area (Å²) in [7, 11) is -3.47. The summed E-state index contributed by atoms with van der Waals surface area (Å²) in [4.78, 5) is 9.37. The summed E-state index contributed by atoms with van der Waals surface area (Å²) in [5, 5.41) is 1.04. The van der Waals surface area contributed by atoms with Gasteiger partial charge in [0.25, 0.3) is 0 Å². The van der Waals surface area contributed by atoms with E-state index in [1.165, 1.54) is 11.3 Å². The van der Waals surface area contributed by atoms with Crippen LogP contribution in [0.15, 0.2) is 44.4 Å². The number of thiophene rings is 1. The molecule has 0 radical (unpaired) electrons. The molecular formula is C22H26BrN5O2S2. The lowest BCUT2D eigenvalue weighted by atomic mass is 10.2. The molecule has 32 heavy (non-hydrogen) atoms.